The maximum atomic E-state index is 13.6. The summed E-state index contributed by atoms with van der Waals surface area (Å²) < 4.78 is 106. The topological polar surface area (TPSA) is 36.9 Å². The van der Waals surface area contributed by atoms with E-state index in [-0.39, 0.29) is 0 Å². The summed E-state index contributed by atoms with van der Waals surface area (Å²) in [5.41, 5.74) is -2.01. The lowest BCUT2D eigenvalue weighted by Crippen LogP contribution is -2.63. The molecule has 4 nitrogen and oxygen atoms in total. The Labute approximate surface area is 117 Å². The zero-order chi connectivity index (χ0) is 17.1. The van der Waals surface area contributed by atoms with Crippen LogP contribution in [0.3, 0.4) is 0 Å². The SMILES string of the molecule is CCC(OC(F)(C(F)(F)F)C(F)(F)F)[Si](OC)(OC)OC. The molecule has 1 unspecified atom stereocenters. The van der Waals surface area contributed by atoms with Gasteiger partial charge in [0.2, 0.25) is 0 Å². The molecule has 0 N–H and O–H groups in total. The predicted octanol–water partition coefficient (Wildman–Crippen LogP) is 2.99. The highest BCUT2D eigenvalue weighted by Crippen LogP contribution is 2.48. The second-order valence-electron chi connectivity index (χ2n) is 3.82. The van der Waals surface area contributed by atoms with E-state index >= 15 is 0 Å². The minimum absolute atomic E-state index is 0.459. The van der Waals surface area contributed by atoms with Gasteiger partial charge < -0.3 is 18.0 Å². The molecule has 0 radical (unpaired) electrons. The summed E-state index contributed by atoms with van der Waals surface area (Å²) in [6.45, 7) is 1.18. The lowest BCUT2D eigenvalue weighted by molar-refractivity contribution is -0.435. The summed E-state index contributed by atoms with van der Waals surface area (Å²) in [6, 6.07) is 0. The van der Waals surface area contributed by atoms with Gasteiger partial charge in [-0.15, -0.1) is 0 Å². The minimum Gasteiger partial charge on any atom is -0.375 e. The lowest BCUT2D eigenvalue weighted by Gasteiger charge is -2.37. The first-order chi connectivity index (χ1) is 9.35. The molecular weight excluding hydrogens is 333 g/mol. The largest absolute Gasteiger partial charge is 0.530 e. The summed E-state index contributed by atoms with van der Waals surface area (Å²) in [7, 11) is -1.22. The van der Waals surface area contributed by atoms with Gasteiger partial charge in [0, 0.05) is 21.3 Å². The first-order valence-corrected chi connectivity index (χ1v) is 7.31. The van der Waals surface area contributed by atoms with Crippen LogP contribution in [-0.4, -0.2) is 54.1 Å². The van der Waals surface area contributed by atoms with E-state index in [1.807, 2.05) is 0 Å². The van der Waals surface area contributed by atoms with E-state index in [0.717, 1.165) is 21.3 Å². The molecule has 12 heteroatoms. The Morgan fingerprint density at radius 1 is 0.810 bits per heavy atom. The smallest absolute Gasteiger partial charge is 0.375 e. The Morgan fingerprint density at radius 3 is 1.33 bits per heavy atom. The molecular formula is C9H15F7O4Si. The Bertz CT molecular complexity index is 307. The van der Waals surface area contributed by atoms with Crippen molar-refractivity contribution in [2.75, 3.05) is 21.3 Å². The summed E-state index contributed by atoms with van der Waals surface area (Å²) in [4.78, 5) is 0. The van der Waals surface area contributed by atoms with Gasteiger partial charge in [-0.2, -0.15) is 30.7 Å². The van der Waals surface area contributed by atoms with Crippen LogP contribution >= 0.6 is 0 Å². The maximum Gasteiger partial charge on any atom is 0.530 e. The van der Waals surface area contributed by atoms with E-state index in [1.165, 1.54) is 6.92 Å². The lowest BCUT2D eigenvalue weighted by atomic mass is 10.3. The van der Waals surface area contributed by atoms with Crippen LogP contribution in [-0.2, 0) is 18.0 Å². The second-order valence-corrected chi connectivity index (χ2v) is 6.90. The van der Waals surface area contributed by atoms with Gasteiger partial charge in [0.05, 0.1) is 0 Å². The molecule has 128 valence electrons. The quantitative estimate of drug-likeness (QED) is 0.524. The van der Waals surface area contributed by atoms with Crippen LogP contribution in [0.1, 0.15) is 13.3 Å². The number of rotatable bonds is 7. The maximum absolute atomic E-state index is 13.6. The number of alkyl halides is 7. The first kappa shape index (κ1) is 20.6. The van der Waals surface area contributed by atoms with Crippen molar-refractivity contribution in [2.45, 2.75) is 37.3 Å². The third kappa shape index (κ3) is 3.86. The van der Waals surface area contributed by atoms with E-state index in [2.05, 4.69) is 4.74 Å². The molecule has 0 aliphatic heterocycles. The summed E-state index contributed by atoms with van der Waals surface area (Å²) >= 11 is 0. The molecule has 21 heavy (non-hydrogen) atoms. The van der Waals surface area contributed by atoms with Crippen molar-refractivity contribution in [3.8, 4) is 0 Å². The van der Waals surface area contributed by atoms with Crippen LogP contribution in [0.4, 0.5) is 30.7 Å². The molecule has 0 rings (SSSR count). The van der Waals surface area contributed by atoms with Crippen LogP contribution < -0.4 is 0 Å². The average Bonchev–Trinajstić information content (AvgIpc) is 2.36. The molecule has 0 bridgehead atoms. The fourth-order valence-electron chi connectivity index (χ4n) is 1.54. The van der Waals surface area contributed by atoms with Gasteiger partial charge in [0.25, 0.3) is 0 Å². The van der Waals surface area contributed by atoms with Crippen LogP contribution in [0.25, 0.3) is 0 Å². The van der Waals surface area contributed by atoms with Crippen LogP contribution in [0.2, 0.25) is 0 Å². The molecule has 0 saturated carbocycles. The molecule has 0 heterocycles. The molecule has 0 fully saturated rings. The number of hydrogen-bond donors (Lipinski definition) is 0. The number of hydrogen-bond acceptors (Lipinski definition) is 4. The van der Waals surface area contributed by atoms with Crippen molar-refractivity contribution >= 4 is 8.80 Å². The van der Waals surface area contributed by atoms with Gasteiger partial charge in [-0.3, -0.25) is 0 Å². The average molecular weight is 348 g/mol. The van der Waals surface area contributed by atoms with Gasteiger partial charge in [-0.05, 0) is 6.42 Å². The van der Waals surface area contributed by atoms with Crippen molar-refractivity contribution in [3.63, 3.8) is 0 Å². The van der Waals surface area contributed by atoms with Crippen molar-refractivity contribution in [1.82, 2.24) is 0 Å². The zero-order valence-electron chi connectivity index (χ0n) is 11.6. The third-order valence-electron chi connectivity index (χ3n) is 2.65. The van der Waals surface area contributed by atoms with Gasteiger partial charge in [-0.25, -0.2) is 0 Å². The van der Waals surface area contributed by atoms with Crippen molar-refractivity contribution in [1.29, 1.82) is 0 Å². The highest BCUT2D eigenvalue weighted by molar-refractivity contribution is 6.62. The molecule has 0 amide bonds. The second kappa shape index (κ2) is 6.77. The Kier molecular flexibility index (Phi) is 6.63. The molecule has 0 spiro atoms. The van der Waals surface area contributed by atoms with Crippen LogP contribution in [0, 0.1) is 0 Å². The first-order valence-electron chi connectivity index (χ1n) is 5.50. The van der Waals surface area contributed by atoms with Gasteiger partial charge in [0.15, 0.2) is 0 Å². The van der Waals surface area contributed by atoms with E-state index in [4.69, 9.17) is 13.3 Å². The van der Waals surface area contributed by atoms with E-state index < -0.39 is 39.2 Å². The molecule has 0 saturated heterocycles. The van der Waals surface area contributed by atoms with Crippen molar-refractivity contribution in [2.24, 2.45) is 0 Å². The number of halogens is 7. The zero-order valence-corrected chi connectivity index (χ0v) is 12.6. The summed E-state index contributed by atoms with van der Waals surface area (Å²) in [5.74, 6) is -5.85. The van der Waals surface area contributed by atoms with Gasteiger partial charge in [-0.1, -0.05) is 6.92 Å². The van der Waals surface area contributed by atoms with Crippen LogP contribution in [0.5, 0.6) is 0 Å². The van der Waals surface area contributed by atoms with E-state index in [9.17, 15) is 30.7 Å². The highest BCUT2D eigenvalue weighted by Gasteiger charge is 2.76. The Balaban J connectivity index is 5.71. The molecule has 0 aromatic carbocycles. The van der Waals surface area contributed by atoms with Crippen molar-refractivity contribution in [3.05, 3.63) is 0 Å². The fourth-order valence-corrected chi connectivity index (χ4v) is 3.64. The fraction of sp³-hybridized carbons (Fsp3) is 1.00. The third-order valence-corrected chi connectivity index (χ3v) is 5.67. The van der Waals surface area contributed by atoms with Gasteiger partial charge >= 0.3 is 27.0 Å². The number of ether oxygens (including phenoxy) is 1. The summed E-state index contributed by atoms with van der Waals surface area (Å²) in [5, 5.41) is 0. The molecule has 0 aromatic rings. The monoisotopic (exact) mass is 348 g/mol. The predicted molar refractivity (Wildman–Crippen MR) is 57.9 cm³/mol. The summed E-state index contributed by atoms with van der Waals surface area (Å²) in [6.07, 6.45) is -13.1. The van der Waals surface area contributed by atoms with E-state index in [1.54, 1.807) is 0 Å². The molecule has 0 aliphatic rings. The molecule has 0 aromatic heterocycles. The van der Waals surface area contributed by atoms with Crippen molar-refractivity contribution < 1.29 is 48.7 Å². The van der Waals surface area contributed by atoms with E-state index in [0.29, 0.717) is 0 Å². The Morgan fingerprint density at radius 2 is 1.14 bits per heavy atom. The minimum atomic E-state index is -6.33. The Hall–Kier alpha value is -0.433. The van der Waals surface area contributed by atoms with Gasteiger partial charge in [0.1, 0.15) is 5.73 Å². The molecule has 0 aliphatic carbocycles. The highest BCUT2D eigenvalue weighted by atomic mass is 28.4. The van der Waals surface area contributed by atoms with Crippen LogP contribution in [0.15, 0.2) is 0 Å². The molecule has 1 atom stereocenters. The normalized spacial score (nSPS) is 16.1. The standard InChI is InChI=1S/C9H15F7O4Si/c1-5-6(21(17-2,18-3)19-4)20-7(10,8(11,12)13)9(14,15)16/h6H,5H2,1-4H3.